The fourth-order valence-corrected chi connectivity index (χ4v) is 1.23. The van der Waals surface area contributed by atoms with Crippen molar-refractivity contribution in [3.05, 3.63) is 29.3 Å². The van der Waals surface area contributed by atoms with Crippen LogP contribution in [0.4, 0.5) is 14.7 Å². The number of hydrogen-bond donors (Lipinski definition) is 2. The molecule has 4 nitrogen and oxygen atoms in total. The molecule has 0 bridgehead atoms. The van der Waals surface area contributed by atoms with Gasteiger partial charge in [0.05, 0.1) is 5.56 Å². The van der Waals surface area contributed by atoms with E-state index in [1.165, 1.54) is 13.0 Å². The molecule has 1 heterocycles. The molecule has 0 amide bonds. The molecule has 2 aromatic rings. The number of halogens is 2. The summed E-state index contributed by atoms with van der Waals surface area (Å²) in [5.74, 6) is -1.09. The Kier molecular flexibility index (Phi) is 2.11. The van der Waals surface area contributed by atoms with Crippen LogP contribution in [0.1, 0.15) is 5.56 Å². The molecule has 2 rings (SSSR count). The zero-order chi connectivity index (χ0) is 11.0. The zero-order valence-corrected chi connectivity index (χ0v) is 7.88. The van der Waals surface area contributed by atoms with Crippen LogP contribution in [-0.4, -0.2) is 15.2 Å². The molecule has 0 spiro atoms. The van der Waals surface area contributed by atoms with Crippen molar-refractivity contribution in [1.29, 1.82) is 0 Å². The summed E-state index contributed by atoms with van der Waals surface area (Å²) in [6.45, 7) is 1.54. The number of nitrogen functional groups attached to an aromatic ring is 1. The summed E-state index contributed by atoms with van der Waals surface area (Å²) in [5.41, 5.74) is 5.77. The molecular formula is C9H8F2N4. The monoisotopic (exact) mass is 210 g/mol. The third kappa shape index (κ3) is 1.65. The number of benzene rings is 1. The minimum absolute atomic E-state index is 0.0198. The van der Waals surface area contributed by atoms with Crippen LogP contribution in [0, 0.1) is 18.6 Å². The largest absolute Gasteiger partial charge is 0.366 e. The van der Waals surface area contributed by atoms with Gasteiger partial charge in [-0.05, 0) is 18.6 Å². The number of aryl methyl sites for hydroxylation is 1. The molecular weight excluding hydrogens is 202 g/mol. The van der Waals surface area contributed by atoms with E-state index in [0.717, 1.165) is 6.07 Å². The molecule has 0 unspecified atom stereocenters. The van der Waals surface area contributed by atoms with Gasteiger partial charge in [0.1, 0.15) is 11.6 Å². The van der Waals surface area contributed by atoms with Gasteiger partial charge in [0.2, 0.25) is 5.95 Å². The predicted octanol–water partition coefficient (Wildman–Crippen LogP) is 1.64. The Hall–Kier alpha value is -1.98. The van der Waals surface area contributed by atoms with Crippen LogP contribution < -0.4 is 5.73 Å². The highest BCUT2D eigenvalue weighted by Gasteiger charge is 2.12. The molecule has 0 atom stereocenters. The minimum Gasteiger partial charge on any atom is -0.366 e. The second-order valence-corrected chi connectivity index (χ2v) is 3.12. The lowest BCUT2D eigenvalue weighted by atomic mass is 10.1. The fourth-order valence-electron chi connectivity index (χ4n) is 1.23. The van der Waals surface area contributed by atoms with Gasteiger partial charge in [0.25, 0.3) is 0 Å². The molecule has 15 heavy (non-hydrogen) atoms. The van der Waals surface area contributed by atoms with Gasteiger partial charge < -0.3 is 5.73 Å². The van der Waals surface area contributed by atoms with E-state index in [4.69, 9.17) is 5.73 Å². The van der Waals surface area contributed by atoms with E-state index >= 15 is 0 Å². The number of anilines is 1. The molecule has 0 aliphatic heterocycles. The molecule has 0 aliphatic carbocycles. The van der Waals surface area contributed by atoms with Crippen molar-refractivity contribution in [1.82, 2.24) is 15.2 Å². The van der Waals surface area contributed by atoms with Crippen LogP contribution in [0.25, 0.3) is 11.4 Å². The molecule has 0 fully saturated rings. The van der Waals surface area contributed by atoms with Crippen molar-refractivity contribution in [3.8, 4) is 11.4 Å². The number of rotatable bonds is 1. The number of nitrogens with two attached hydrogens (primary N) is 1. The highest BCUT2D eigenvalue weighted by atomic mass is 19.1. The molecule has 3 N–H and O–H groups in total. The standard InChI is InChI=1S/C9H8F2N4/c1-4-2-5(7(11)3-6(4)10)8-13-9(12)15-14-8/h2-3H,1H3,(H3,12,13,14,15). The van der Waals surface area contributed by atoms with Crippen molar-refractivity contribution < 1.29 is 8.78 Å². The molecule has 6 heteroatoms. The Morgan fingerprint density at radius 3 is 2.60 bits per heavy atom. The van der Waals surface area contributed by atoms with Gasteiger partial charge in [-0.1, -0.05) is 0 Å². The van der Waals surface area contributed by atoms with Crippen LogP contribution >= 0.6 is 0 Å². The molecule has 1 aromatic carbocycles. The fraction of sp³-hybridized carbons (Fsp3) is 0.111. The molecule has 0 aliphatic rings. The first-order chi connectivity index (χ1) is 7.08. The second kappa shape index (κ2) is 3.30. The molecule has 0 saturated heterocycles. The summed E-state index contributed by atoms with van der Waals surface area (Å²) < 4.78 is 26.3. The number of aromatic nitrogens is 3. The van der Waals surface area contributed by atoms with E-state index in [9.17, 15) is 8.78 Å². The van der Waals surface area contributed by atoms with Gasteiger partial charge in [-0.15, -0.1) is 5.10 Å². The van der Waals surface area contributed by atoms with Crippen LogP contribution in [-0.2, 0) is 0 Å². The highest BCUT2D eigenvalue weighted by molar-refractivity contribution is 5.57. The van der Waals surface area contributed by atoms with Crippen LogP contribution in [0.2, 0.25) is 0 Å². The lowest BCUT2D eigenvalue weighted by Crippen LogP contribution is -1.92. The highest BCUT2D eigenvalue weighted by Crippen LogP contribution is 2.22. The van der Waals surface area contributed by atoms with Crippen molar-refractivity contribution in [3.63, 3.8) is 0 Å². The first kappa shape index (κ1) is 9.57. The Bertz CT molecular complexity index is 507. The average molecular weight is 210 g/mol. The maximum Gasteiger partial charge on any atom is 0.239 e. The Balaban J connectivity index is 2.58. The van der Waals surface area contributed by atoms with E-state index in [1.54, 1.807) is 0 Å². The van der Waals surface area contributed by atoms with Crippen LogP contribution in [0.5, 0.6) is 0 Å². The molecule has 78 valence electrons. The smallest absolute Gasteiger partial charge is 0.239 e. The third-order valence-corrected chi connectivity index (χ3v) is 2.01. The summed E-state index contributed by atoms with van der Waals surface area (Å²) in [7, 11) is 0. The van der Waals surface area contributed by atoms with E-state index in [0.29, 0.717) is 5.56 Å². The van der Waals surface area contributed by atoms with E-state index in [2.05, 4.69) is 15.2 Å². The normalized spacial score (nSPS) is 10.6. The lowest BCUT2D eigenvalue weighted by molar-refractivity contribution is 0.579. The first-order valence-electron chi connectivity index (χ1n) is 4.22. The van der Waals surface area contributed by atoms with Gasteiger partial charge in [-0.2, -0.15) is 4.98 Å². The Morgan fingerprint density at radius 1 is 1.27 bits per heavy atom. The maximum atomic E-state index is 13.4. The number of nitrogens with zero attached hydrogens (tertiary/aromatic N) is 2. The predicted molar refractivity (Wildman–Crippen MR) is 50.9 cm³/mol. The molecule has 1 aromatic heterocycles. The van der Waals surface area contributed by atoms with E-state index in [1.807, 2.05) is 0 Å². The molecule has 0 radical (unpaired) electrons. The van der Waals surface area contributed by atoms with Crippen LogP contribution in [0.15, 0.2) is 12.1 Å². The van der Waals surface area contributed by atoms with Gasteiger partial charge in [-0.25, -0.2) is 8.78 Å². The van der Waals surface area contributed by atoms with Gasteiger partial charge >= 0.3 is 0 Å². The average Bonchev–Trinajstić information content (AvgIpc) is 2.58. The minimum atomic E-state index is -0.700. The second-order valence-electron chi connectivity index (χ2n) is 3.12. The first-order valence-corrected chi connectivity index (χ1v) is 4.22. The van der Waals surface area contributed by atoms with Crippen molar-refractivity contribution in [2.75, 3.05) is 5.73 Å². The number of hydrogen-bond acceptors (Lipinski definition) is 3. The van der Waals surface area contributed by atoms with Crippen molar-refractivity contribution in [2.24, 2.45) is 0 Å². The Labute approximate surface area is 84.1 Å². The third-order valence-electron chi connectivity index (χ3n) is 2.01. The van der Waals surface area contributed by atoms with Crippen molar-refractivity contribution >= 4 is 5.95 Å². The van der Waals surface area contributed by atoms with E-state index < -0.39 is 11.6 Å². The SMILES string of the molecule is Cc1cc(-c2nc(N)n[nH]2)c(F)cc1F. The zero-order valence-electron chi connectivity index (χ0n) is 7.88. The summed E-state index contributed by atoms with van der Waals surface area (Å²) in [6, 6.07) is 2.16. The Morgan fingerprint density at radius 2 is 2.00 bits per heavy atom. The number of H-pyrrole nitrogens is 1. The molecule has 0 saturated carbocycles. The topological polar surface area (TPSA) is 67.6 Å². The summed E-state index contributed by atoms with van der Waals surface area (Å²) in [6.07, 6.45) is 0. The maximum absolute atomic E-state index is 13.4. The van der Waals surface area contributed by atoms with Crippen LogP contribution in [0.3, 0.4) is 0 Å². The summed E-state index contributed by atoms with van der Waals surface area (Å²) in [5, 5.41) is 6.03. The van der Waals surface area contributed by atoms with Gasteiger partial charge in [0.15, 0.2) is 5.82 Å². The number of nitrogens with one attached hydrogen (secondary N) is 1. The quantitative estimate of drug-likeness (QED) is 0.751. The van der Waals surface area contributed by atoms with Gasteiger partial charge in [0, 0.05) is 6.07 Å². The van der Waals surface area contributed by atoms with Crippen molar-refractivity contribution in [2.45, 2.75) is 6.92 Å². The van der Waals surface area contributed by atoms with E-state index in [-0.39, 0.29) is 17.3 Å². The van der Waals surface area contributed by atoms with Gasteiger partial charge in [-0.3, -0.25) is 5.10 Å². The lowest BCUT2D eigenvalue weighted by Gasteiger charge is -2.01. The summed E-state index contributed by atoms with van der Waals surface area (Å²) >= 11 is 0. The summed E-state index contributed by atoms with van der Waals surface area (Å²) in [4.78, 5) is 3.76. The number of aromatic amines is 1.